The van der Waals surface area contributed by atoms with Gasteiger partial charge < -0.3 is 9.05 Å². The molecule has 0 bridgehead atoms. The van der Waals surface area contributed by atoms with Crippen LogP contribution in [0, 0.1) is 5.92 Å². The SMILES string of the molecule is COP(=O)(Cc1cccc([C@H](C2CC2)C(C)(F)C(C)=O)c1)OC. The molecule has 128 valence electrons. The van der Waals surface area contributed by atoms with Gasteiger partial charge in [0.1, 0.15) is 0 Å². The zero-order chi connectivity index (χ0) is 17.3. The van der Waals surface area contributed by atoms with E-state index in [1.165, 1.54) is 28.1 Å². The van der Waals surface area contributed by atoms with Crippen LogP contribution in [0.15, 0.2) is 24.3 Å². The van der Waals surface area contributed by atoms with E-state index in [0.717, 1.165) is 24.0 Å². The fraction of sp³-hybridized carbons (Fsp3) is 0.588. The number of alkyl halides is 1. The molecule has 1 fully saturated rings. The number of ketones is 1. The maximum atomic E-state index is 15.0. The number of hydrogen-bond acceptors (Lipinski definition) is 4. The van der Waals surface area contributed by atoms with Crippen LogP contribution in [0.1, 0.15) is 43.7 Å². The van der Waals surface area contributed by atoms with Crippen molar-refractivity contribution in [2.75, 3.05) is 14.2 Å². The largest absolute Gasteiger partial charge is 0.334 e. The highest BCUT2D eigenvalue weighted by Crippen LogP contribution is 2.52. The van der Waals surface area contributed by atoms with Crippen molar-refractivity contribution < 1.29 is 22.8 Å². The Bertz CT molecular complexity index is 617. The predicted octanol–water partition coefficient (Wildman–Crippen LogP) is 4.48. The Hall–Kier alpha value is -1.03. The summed E-state index contributed by atoms with van der Waals surface area (Å²) in [5, 5.41) is 0. The van der Waals surface area contributed by atoms with E-state index >= 15 is 4.39 Å². The van der Waals surface area contributed by atoms with Gasteiger partial charge in [0.05, 0.1) is 6.16 Å². The predicted molar refractivity (Wildman–Crippen MR) is 87.4 cm³/mol. The number of hydrogen-bond donors (Lipinski definition) is 0. The first-order valence-electron chi connectivity index (χ1n) is 7.73. The Labute approximate surface area is 136 Å². The molecule has 0 amide bonds. The van der Waals surface area contributed by atoms with Crippen molar-refractivity contribution in [3.8, 4) is 0 Å². The number of benzene rings is 1. The summed E-state index contributed by atoms with van der Waals surface area (Å²) in [6, 6.07) is 7.25. The molecule has 23 heavy (non-hydrogen) atoms. The molecule has 0 saturated heterocycles. The standard InChI is InChI=1S/C17H24FO4P/c1-12(19)17(2,18)16(14-8-9-14)15-7-5-6-13(10-15)11-23(20,21-3)22-4/h5-7,10,14,16H,8-9,11H2,1-4H3/t16-,17?/m0/s1. The van der Waals surface area contributed by atoms with Crippen LogP contribution in [0.3, 0.4) is 0 Å². The van der Waals surface area contributed by atoms with E-state index in [2.05, 4.69) is 0 Å². The minimum absolute atomic E-state index is 0.119. The molecular weight excluding hydrogens is 318 g/mol. The number of carbonyl (C=O) groups is 1. The van der Waals surface area contributed by atoms with E-state index in [9.17, 15) is 9.36 Å². The topological polar surface area (TPSA) is 52.6 Å². The quantitative estimate of drug-likeness (QED) is 0.654. The van der Waals surface area contributed by atoms with Crippen LogP contribution in [-0.4, -0.2) is 25.7 Å². The van der Waals surface area contributed by atoms with Gasteiger partial charge in [-0.3, -0.25) is 9.36 Å². The Kier molecular flexibility index (Phi) is 5.44. The van der Waals surface area contributed by atoms with Crippen molar-refractivity contribution in [3.63, 3.8) is 0 Å². The minimum atomic E-state index is -3.18. The second-order valence-corrected chi connectivity index (χ2v) is 8.59. The summed E-state index contributed by atoms with van der Waals surface area (Å²) in [7, 11) is -0.496. The second kappa shape index (κ2) is 6.84. The van der Waals surface area contributed by atoms with E-state index in [1.807, 2.05) is 18.2 Å². The van der Waals surface area contributed by atoms with Crippen LogP contribution in [0.25, 0.3) is 0 Å². The van der Waals surface area contributed by atoms with Gasteiger partial charge in [-0.25, -0.2) is 4.39 Å². The van der Waals surface area contributed by atoms with Gasteiger partial charge in [0.15, 0.2) is 11.5 Å². The molecule has 1 aliphatic carbocycles. The summed E-state index contributed by atoms with van der Waals surface area (Å²) in [4.78, 5) is 11.8. The van der Waals surface area contributed by atoms with Crippen LogP contribution in [0.2, 0.25) is 0 Å². The van der Waals surface area contributed by atoms with Crippen molar-refractivity contribution in [2.45, 2.75) is 44.4 Å². The average Bonchev–Trinajstić information content (AvgIpc) is 3.32. The first-order chi connectivity index (χ1) is 10.7. The smallest absolute Gasteiger partial charge is 0.312 e. The molecule has 1 aromatic carbocycles. The summed E-state index contributed by atoms with van der Waals surface area (Å²) < 4.78 is 37.2. The Morgan fingerprint density at radius 3 is 2.48 bits per heavy atom. The third kappa shape index (κ3) is 4.09. The van der Waals surface area contributed by atoms with Gasteiger partial charge in [0, 0.05) is 20.1 Å². The highest BCUT2D eigenvalue weighted by atomic mass is 31.2. The maximum Gasteiger partial charge on any atom is 0.334 e. The van der Waals surface area contributed by atoms with Crippen LogP contribution >= 0.6 is 7.60 Å². The summed E-state index contributed by atoms with van der Waals surface area (Å²) in [5.41, 5.74) is -0.380. The molecule has 4 nitrogen and oxygen atoms in total. The minimum Gasteiger partial charge on any atom is -0.312 e. The van der Waals surface area contributed by atoms with Crippen LogP contribution in [0.4, 0.5) is 4.39 Å². The van der Waals surface area contributed by atoms with E-state index in [1.54, 1.807) is 6.07 Å². The molecule has 1 aromatic rings. The van der Waals surface area contributed by atoms with Gasteiger partial charge in [-0.05, 0) is 43.7 Å². The molecule has 0 heterocycles. The summed E-state index contributed by atoms with van der Waals surface area (Å²) in [5.74, 6) is -0.746. The normalized spacial score (nSPS) is 19.2. The molecule has 0 N–H and O–H groups in total. The number of Topliss-reactive ketones (excluding diaryl/α,β-unsaturated/α-hetero) is 1. The van der Waals surface area contributed by atoms with Gasteiger partial charge >= 0.3 is 7.60 Å². The second-order valence-electron chi connectivity index (χ2n) is 6.33. The lowest BCUT2D eigenvalue weighted by atomic mass is 9.78. The molecule has 2 rings (SSSR count). The summed E-state index contributed by atoms with van der Waals surface area (Å²) in [6.45, 7) is 2.66. The van der Waals surface area contributed by atoms with Crippen molar-refractivity contribution in [1.29, 1.82) is 0 Å². The molecule has 0 spiro atoms. The maximum absolute atomic E-state index is 15.0. The van der Waals surface area contributed by atoms with Crippen molar-refractivity contribution in [3.05, 3.63) is 35.4 Å². The summed E-state index contributed by atoms with van der Waals surface area (Å²) in [6.07, 6.45) is 1.97. The summed E-state index contributed by atoms with van der Waals surface area (Å²) >= 11 is 0. The van der Waals surface area contributed by atoms with Gasteiger partial charge in [-0.1, -0.05) is 24.3 Å². The lowest BCUT2D eigenvalue weighted by molar-refractivity contribution is -0.129. The first-order valence-corrected chi connectivity index (χ1v) is 9.45. The fourth-order valence-corrected chi connectivity index (χ4v) is 4.04. The molecule has 0 aliphatic heterocycles. The molecular formula is C17H24FO4P. The first kappa shape index (κ1) is 18.3. The van der Waals surface area contributed by atoms with E-state index < -0.39 is 25.0 Å². The lowest BCUT2D eigenvalue weighted by Gasteiger charge is -2.29. The lowest BCUT2D eigenvalue weighted by Crippen LogP contribution is -2.36. The number of carbonyl (C=O) groups excluding carboxylic acids is 1. The van der Waals surface area contributed by atoms with Gasteiger partial charge in [0.2, 0.25) is 0 Å². The van der Waals surface area contributed by atoms with Crippen LogP contribution in [-0.2, 0) is 24.6 Å². The third-order valence-corrected chi connectivity index (χ3v) is 6.47. The monoisotopic (exact) mass is 342 g/mol. The number of rotatable bonds is 8. The molecule has 1 saturated carbocycles. The van der Waals surface area contributed by atoms with E-state index in [0.29, 0.717) is 0 Å². The third-order valence-electron chi connectivity index (χ3n) is 4.61. The zero-order valence-electron chi connectivity index (χ0n) is 14.0. The van der Waals surface area contributed by atoms with Gasteiger partial charge in [-0.15, -0.1) is 0 Å². The fourth-order valence-electron chi connectivity index (χ4n) is 2.99. The highest BCUT2D eigenvalue weighted by molar-refractivity contribution is 7.52. The van der Waals surface area contributed by atoms with Crippen LogP contribution in [0.5, 0.6) is 0 Å². The molecule has 0 aromatic heterocycles. The van der Waals surface area contributed by atoms with Crippen molar-refractivity contribution >= 4 is 13.4 Å². The molecule has 1 aliphatic rings. The Morgan fingerprint density at radius 2 is 2.00 bits per heavy atom. The van der Waals surface area contributed by atoms with Crippen LogP contribution < -0.4 is 0 Å². The van der Waals surface area contributed by atoms with Crippen molar-refractivity contribution in [1.82, 2.24) is 0 Å². The average molecular weight is 342 g/mol. The van der Waals surface area contributed by atoms with Crippen molar-refractivity contribution in [2.24, 2.45) is 5.92 Å². The number of halogens is 1. The van der Waals surface area contributed by atoms with E-state index in [4.69, 9.17) is 9.05 Å². The van der Waals surface area contributed by atoms with Gasteiger partial charge in [-0.2, -0.15) is 0 Å². The van der Waals surface area contributed by atoms with Gasteiger partial charge in [0.25, 0.3) is 0 Å². The molecule has 0 radical (unpaired) electrons. The molecule has 1 unspecified atom stereocenters. The zero-order valence-corrected chi connectivity index (χ0v) is 14.9. The Balaban J connectivity index is 2.34. The highest BCUT2D eigenvalue weighted by Gasteiger charge is 2.48. The molecule has 2 atom stereocenters. The molecule has 6 heteroatoms. The van der Waals surface area contributed by atoms with E-state index in [-0.39, 0.29) is 12.1 Å². The Morgan fingerprint density at radius 1 is 1.39 bits per heavy atom.